The molecule has 6 heteroatoms. The molecule has 19 heavy (non-hydrogen) atoms. The maximum absolute atomic E-state index is 10.00. The van der Waals surface area contributed by atoms with Gasteiger partial charge < -0.3 is 15.4 Å². The van der Waals surface area contributed by atoms with Crippen molar-refractivity contribution >= 4 is 6.34 Å². The van der Waals surface area contributed by atoms with E-state index in [4.69, 9.17) is 5.21 Å². The zero-order chi connectivity index (χ0) is 14.5. The van der Waals surface area contributed by atoms with Crippen LogP contribution < -0.4 is 5.32 Å². The van der Waals surface area contributed by atoms with Crippen molar-refractivity contribution in [3.05, 3.63) is 23.5 Å². The molecule has 0 radical (unpaired) electrons. The Bertz CT molecular complexity index is 386. The number of oxime groups is 1. The van der Waals surface area contributed by atoms with Gasteiger partial charge in [0.2, 0.25) is 0 Å². The average Bonchev–Trinajstić information content (AvgIpc) is 2.27. The Morgan fingerprint density at radius 1 is 1.47 bits per heavy atom. The van der Waals surface area contributed by atoms with Gasteiger partial charge in [0.15, 0.2) is 0 Å². The van der Waals surface area contributed by atoms with Crippen LogP contribution in [0.25, 0.3) is 0 Å². The van der Waals surface area contributed by atoms with E-state index in [0.29, 0.717) is 6.54 Å². The predicted octanol–water partition coefficient (Wildman–Crippen LogP) is 1.44. The van der Waals surface area contributed by atoms with Crippen molar-refractivity contribution in [3.63, 3.8) is 0 Å². The van der Waals surface area contributed by atoms with E-state index in [1.807, 2.05) is 26.2 Å². The van der Waals surface area contributed by atoms with E-state index in [1.165, 1.54) is 11.4 Å². The van der Waals surface area contributed by atoms with E-state index in [1.54, 1.807) is 0 Å². The molecule has 0 fully saturated rings. The van der Waals surface area contributed by atoms with Crippen LogP contribution in [0.15, 0.2) is 28.7 Å². The SMILES string of the molecule is CN(C)CC(C)(C)CC1=CC=C(NC=NO)CN1O. The zero-order valence-corrected chi connectivity index (χ0v) is 12.1. The number of allylic oxidation sites excluding steroid dienone is 3. The van der Waals surface area contributed by atoms with Crippen LogP contribution in [-0.4, -0.2) is 53.9 Å². The largest absolute Gasteiger partial charge is 0.410 e. The molecule has 1 heterocycles. The van der Waals surface area contributed by atoms with Crippen molar-refractivity contribution in [1.29, 1.82) is 0 Å². The molecule has 0 aromatic heterocycles. The van der Waals surface area contributed by atoms with Gasteiger partial charge in [-0.1, -0.05) is 19.0 Å². The van der Waals surface area contributed by atoms with Gasteiger partial charge in [-0.15, -0.1) is 0 Å². The second kappa shape index (κ2) is 6.58. The van der Waals surface area contributed by atoms with E-state index in [0.717, 1.165) is 24.4 Å². The maximum atomic E-state index is 10.00. The molecule has 1 rings (SSSR count). The molecule has 0 spiro atoms. The molecule has 0 saturated carbocycles. The zero-order valence-electron chi connectivity index (χ0n) is 12.1. The summed E-state index contributed by atoms with van der Waals surface area (Å²) >= 11 is 0. The Balaban J connectivity index is 2.68. The minimum absolute atomic E-state index is 0.0850. The first kappa shape index (κ1) is 15.5. The maximum Gasteiger partial charge on any atom is 0.132 e. The van der Waals surface area contributed by atoms with Crippen molar-refractivity contribution in [2.75, 3.05) is 27.2 Å². The summed E-state index contributed by atoms with van der Waals surface area (Å²) in [5.41, 5.74) is 1.74. The third kappa shape index (κ3) is 5.32. The molecular weight excluding hydrogens is 244 g/mol. The minimum atomic E-state index is 0.0850. The Labute approximate surface area is 114 Å². The summed E-state index contributed by atoms with van der Waals surface area (Å²) in [6.07, 6.45) is 5.73. The molecule has 1 aliphatic rings. The number of hydrogen-bond donors (Lipinski definition) is 3. The summed E-state index contributed by atoms with van der Waals surface area (Å²) in [5.74, 6) is 0. The number of nitrogens with one attached hydrogen (secondary N) is 1. The summed E-state index contributed by atoms with van der Waals surface area (Å²) in [7, 11) is 4.09. The third-order valence-corrected chi connectivity index (χ3v) is 2.84. The van der Waals surface area contributed by atoms with Crippen LogP contribution in [0.3, 0.4) is 0 Å². The fourth-order valence-electron chi connectivity index (χ4n) is 2.36. The van der Waals surface area contributed by atoms with Crippen LogP contribution in [0, 0.1) is 5.41 Å². The third-order valence-electron chi connectivity index (χ3n) is 2.84. The summed E-state index contributed by atoms with van der Waals surface area (Å²) < 4.78 is 0. The molecule has 1 aliphatic heterocycles. The lowest BCUT2D eigenvalue weighted by Crippen LogP contribution is -2.34. The molecule has 0 bridgehead atoms. The summed E-state index contributed by atoms with van der Waals surface area (Å²) in [5, 5.41) is 25.2. The molecule has 0 unspecified atom stereocenters. The Hall–Kier alpha value is -1.53. The van der Waals surface area contributed by atoms with Gasteiger partial charge >= 0.3 is 0 Å². The van der Waals surface area contributed by atoms with Gasteiger partial charge in [0.05, 0.1) is 6.54 Å². The van der Waals surface area contributed by atoms with Crippen LogP contribution >= 0.6 is 0 Å². The van der Waals surface area contributed by atoms with Crippen LogP contribution in [0.2, 0.25) is 0 Å². The second-order valence-electron chi connectivity index (χ2n) is 5.88. The highest BCUT2D eigenvalue weighted by molar-refractivity contribution is 5.57. The Morgan fingerprint density at radius 3 is 2.68 bits per heavy atom. The van der Waals surface area contributed by atoms with Gasteiger partial charge in [-0.25, -0.2) is 0 Å². The van der Waals surface area contributed by atoms with Crippen molar-refractivity contribution < 1.29 is 10.4 Å². The van der Waals surface area contributed by atoms with Gasteiger partial charge in [0, 0.05) is 17.9 Å². The van der Waals surface area contributed by atoms with Crippen LogP contribution in [0.4, 0.5) is 0 Å². The highest BCUT2D eigenvalue weighted by Gasteiger charge is 2.24. The molecular formula is C13H24N4O2. The lowest BCUT2D eigenvalue weighted by Gasteiger charge is -2.33. The molecule has 108 valence electrons. The van der Waals surface area contributed by atoms with Gasteiger partial charge in [0.1, 0.15) is 6.34 Å². The number of nitrogens with zero attached hydrogens (tertiary/aromatic N) is 3. The Kier molecular flexibility index (Phi) is 5.38. The lowest BCUT2D eigenvalue weighted by atomic mass is 9.86. The fraction of sp³-hybridized carbons (Fsp3) is 0.615. The minimum Gasteiger partial charge on any atom is -0.410 e. The van der Waals surface area contributed by atoms with Crippen LogP contribution in [-0.2, 0) is 0 Å². The van der Waals surface area contributed by atoms with E-state index in [-0.39, 0.29) is 5.41 Å². The van der Waals surface area contributed by atoms with Crippen LogP contribution in [0.1, 0.15) is 20.3 Å². The highest BCUT2D eigenvalue weighted by Crippen LogP contribution is 2.28. The quantitative estimate of drug-likeness (QED) is 0.294. The Morgan fingerprint density at radius 2 is 2.16 bits per heavy atom. The van der Waals surface area contributed by atoms with E-state index >= 15 is 0 Å². The molecule has 0 saturated heterocycles. The first-order valence-electron chi connectivity index (χ1n) is 6.27. The van der Waals surface area contributed by atoms with Crippen molar-refractivity contribution in [2.45, 2.75) is 20.3 Å². The molecule has 3 N–H and O–H groups in total. The average molecular weight is 268 g/mol. The molecule has 0 aliphatic carbocycles. The first-order valence-corrected chi connectivity index (χ1v) is 6.27. The van der Waals surface area contributed by atoms with Crippen molar-refractivity contribution in [3.8, 4) is 0 Å². The van der Waals surface area contributed by atoms with Crippen molar-refractivity contribution in [1.82, 2.24) is 15.3 Å². The van der Waals surface area contributed by atoms with E-state index < -0.39 is 0 Å². The number of rotatable bonds is 6. The lowest BCUT2D eigenvalue weighted by molar-refractivity contribution is -0.0567. The summed E-state index contributed by atoms with van der Waals surface area (Å²) in [6, 6.07) is 0. The fourth-order valence-corrected chi connectivity index (χ4v) is 2.36. The molecule has 0 aromatic rings. The molecule has 0 atom stereocenters. The van der Waals surface area contributed by atoms with Gasteiger partial charge in [-0.3, -0.25) is 10.3 Å². The van der Waals surface area contributed by atoms with Crippen LogP contribution in [0.5, 0.6) is 0 Å². The second-order valence-corrected chi connectivity index (χ2v) is 5.88. The predicted molar refractivity (Wildman–Crippen MR) is 75.0 cm³/mol. The summed E-state index contributed by atoms with van der Waals surface area (Å²) in [4.78, 5) is 2.14. The molecule has 0 amide bonds. The van der Waals surface area contributed by atoms with E-state index in [9.17, 15) is 5.21 Å². The number of hydroxylamine groups is 2. The number of hydrogen-bond acceptors (Lipinski definition) is 5. The standard InChI is InChI=1S/C13H24N4O2/c1-13(2,9-16(3)4)7-12-6-5-11(8-17(12)19)14-10-15-18/h5-6,10,18-19H,7-9H2,1-4H3,(H,14,15). The topological polar surface area (TPSA) is 71.3 Å². The van der Waals surface area contributed by atoms with Gasteiger partial charge in [0.25, 0.3) is 0 Å². The first-order chi connectivity index (χ1) is 8.84. The van der Waals surface area contributed by atoms with Gasteiger partial charge in [-0.05, 0) is 38.1 Å². The molecule has 6 nitrogen and oxygen atoms in total. The van der Waals surface area contributed by atoms with E-state index in [2.05, 4.69) is 29.2 Å². The van der Waals surface area contributed by atoms with Gasteiger partial charge in [-0.2, -0.15) is 0 Å². The monoisotopic (exact) mass is 268 g/mol. The smallest absolute Gasteiger partial charge is 0.132 e. The molecule has 0 aromatic carbocycles. The van der Waals surface area contributed by atoms with Crippen molar-refractivity contribution in [2.24, 2.45) is 10.6 Å². The highest BCUT2D eigenvalue weighted by atomic mass is 16.5. The normalized spacial score (nSPS) is 16.8. The summed E-state index contributed by atoms with van der Waals surface area (Å²) in [6.45, 7) is 5.66.